The molecule has 4 heteroatoms. The van der Waals surface area contributed by atoms with Crippen LogP contribution in [0.4, 0.5) is 0 Å². The van der Waals surface area contributed by atoms with Crippen LogP contribution in [-0.2, 0) is 19.1 Å². The van der Waals surface area contributed by atoms with Crippen LogP contribution < -0.4 is 0 Å². The van der Waals surface area contributed by atoms with Crippen LogP contribution >= 0.6 is 0 Å². The predicted molar refractivity (Wildman–Crippen MR) is 102 cm³/mol. The maximum Gasteiger partial charge on any atom is 0.302 e. The third-order valence-electron chi connectivity index (χ3n) is 9.12. The number of hydrogen-bond acceptors (Lipinski definition) is 4. The molecule has 0 aliphatic heterocycles. The van der Waals surface area contributed by atoms with E-state index in [1.165, 1.54) is 6.92 Å². The molecule has 0 heterocycles. The molecule has 150 valence electrons. The van der Waals surface area contributed by atoms with Crippen molar-refractivity contribution in [1.29, 1.82) is 0 Å². The minimum atomic E-state index is -0.192. The summed E-state index contributed by atoms with van der Waals surface area (Å²) >= 11 is 0. The van der Waals surface area contributed by atoms with Crippen molar-refractivity contribution in [2.24, 2.45) is 40.4 Å². The first-order valence-electron chi connectivity index (χ1n) is 10.9. The molecular weight excluding hydrogens is 340 g/mol. The molecular formula is C23H34O4. The molecule has 4 aliphatic rings. The quantitative estimate of drug-likeness (QED) is 0.675. The fraction of sp³-hybridized carbons (Fsp3) is 0.870. The van der Waals surface area contributed by atoms with Gasteiger partial charge in [-0.15, -0.1) is 0 Å². The third-order valence-corrected chi connectivity index (χ3v) is 9.12. The smallest absolute Gasteiger partial charge is 0.302 e. The average molecular weight is 375 g/mol. The zero-order valence-electron chi connectivity index (χ0n) is 17.3. The molecule has 0 aromatic heterocycles. The maximum absolute atomic E-state index is 13.5. The van der Waals surface area contributed by atoms with Crippen LogP contribution in [0.2, 0.25) is 0 Å². The molecule has 0 spiro atoms. The van der Waals surface area contributed by atoms with Gasteiger partial charge in [-0.1, -0.05) is 13.8 Å². The van der Waals surface area contributed by atoms with Crippen molar-refractivity contribution in [3.8, 4) is 0 Å². The van der Waals surface area contributed by atoms with Crippen LogP contribution in [0, 0.1) is 40.4 Å². The number of Topliss-reactive ketones (excluding diaryl/α,β-unsaturated/α-hetero) is 2. The fourth-order valence-electron chi connectivity index (χ4n) is 8.04. The third kappa shape index (κ3) is 2.81. The van der Waals surface area contributed by atoms with E-state index in [-0.39, 0.29) is 40.5 Å². The highest BCUT2D eigenvalue weighted by atomic mass is 16.5. The summed E-state index contributed by atoms with van der Waals surface area (Å²) in [5, 5.41) is 0. The molecule has 0 N–H and O–H groups in total. The van der Waals surface area contributed by atoms with Gasteiger partial charge in [-0.05, 0) is 80.5 Å². The van der Waals surface area contributed by atoms with Crippen molar-refractivity contribution in [3.05, 3.63) is 0 Å². The van der Waals surface area contributed by atoms with E-state index in [9.17, 15) is 14.4 Å². The van der Waals surface area contributed by atoms with Crippen LogP contribution in [0.5, 0.6) is 0 Å². The van der Waals surface area contributed by atoms with E-state index >= 15 is 0 Å². The lowest BCUT2D eigenvalue weighted by Gasteiger charge is -2.59. The topological polar surface area (TPSA) is 60.4 Å². The van der Waals surface area contributed by atoms with Gasteiger partial charge in [0.25, 0.3) is 0 Å². The Morgan fingerprint density at radius 1 is 1.00 bits per heavy atom. The number of ether oxygens (including phenoxy) is 1. The Kier molecular flexibility index (Phi) is 4.55. The number of rotatable bonds is 2. The average Bonchev–Trinajstić information content (AvgIpc) is 2.91. The molecule has 7 unspecified atom stereocenters. The maximum atomic E-state index is 13.5. The highest BCUT2D eigenvalue weighted by Gasteiger charge is 2.63. The Balaban J connectivity index is 1.60. The van der Waals surface area contributed by atoms with Crippen molar-refractivity contribution < 1.29 is 19.1 Å². The van der Waals surface area contributed by atoms with Gasteiger partial charge >= 0.3 is 5.97 Å². The Morgan fingerprint density at radius 2 is 1.74 bits per heavy atom. The van der Waals surface area contributed by atoms with Gasteiger partial charge in [-0.3, -0.25) is 14.4 Å². The molecule has 0 aromatic carbocycles. The Labute approximate surface area is 162 Å². The van der Waals surface area contributed by atoms with Gasteiger partial charge in [-0.2, -0.15) is 0 Å². The van der Waals surface area contributed by atoms with Gasteiger partial charge in [0.05, 0.1) is 0 Å². The van der Waals surface area contributed by atoms with Crippen LogP contribution in [0.1, 0.15) is 79.1 Å². The molecule has 4 fully saturated rings. The number of carbonyl (C=O) groups is 3. The minimum Gasteiger partial charge on any atom is -0.463 e. The van der Waals surface area contributed by atoms with Crippen LogP contribution in [0.15, 0.2) is 0 Å². The molecule has 27 heavy (non-hydrogen) atoms. The molecule has 0 bridgehead atoms. The lowest BCUT2D eigenvalue weighted by Crippen LogP contribution is -2.58. The highest BCUT2D eigenvalue weighted by Crippen LogP contribution is 2.66. The Hall–Kier alpha value is -1.19. The predicted octanol–water partition coefficient (Wildman–Crippen LogP) is 4.35. The van der Waals surface area contributed by atoms with Gasteiger partial charge in [0.15, 0.2) is 0 Å². The molecule has 0 radical (unpaired) electrons. The summed E-state index contributed by atoms with van der Waals surface area (Å²) in [5.41, 5.74) is -0.0888. The van der Waals surface area contributed by atoms with Crippen LogP contribution in [0.3, 0.4) is 0 Å². The lowest BCUT2D eigenvalue weighted by atomic mass is 9.44. The van der Waals surface area contributed by atoms with Gasteiger partial charge in [-0.25, -0.2) is 0 Å². The van der Waals surface area contributed by atoms with Crippen molar-refractivity contribution >= 4 is 17.5 Å². The number of ketones is 2. The fourth-order valence-corrected chi connectivity index (χ4v) is 8.04. The zero-order valence-corrected chi connectivity index (χ0v) is 17.3. The first-order chi connectivity index (χ1) is 12.7. The standard InChI is InChI=1S/C23H34O4/c1-13(24)18-7-8-19-17-6-5-15-11-16(27-14(2)25)9-10-22(15,3)21(17)20(26)12-23(18,19)4/h15-19,21H,5-12H2,1-4H3/t15-,16?,17?,18?,19?,21?,22?,23?/m0/s1. The van der Waals surface area contributed by atoms with Crippen LogP contribution in [0.25, 0.3) is 0 Å². The molecule has 4 saturated carbocycles. The SMILES string of the molecule is CC(=O)OC1CCC2(C)C3C(=O)CC4(C)C(C(C)=O)CCC4C3CC[C@H]2C1. The summed E-state index contributed by atoms with van der Waals surface area (Å²) in [7, 11) is 0. The van der Waals surface area contributed by atoms with Crippen molar-refractivity contribution in [2.75, 3.05) is 0 Å². The molecule has 0 amide bonds. The zero-order chi connectivity index (χ0) is 19.6. The second-order valence-corrected chi connectivity index (χ2v) is 10.4. The van der Waals surface area contributed by atoms with E-state index in [1.807, 2.05) is 0 Å². The number of esters is 1. The molecule has 8 atom stereocenters. The monoisotopic (exact) mass is 374 g/mol. The molecule has 4 nitrogen and oxygen atoms in total. The highest BCUT2D eigenvalue weighted by molar-refractivity contribution is 5.87. The summed E-state index contributed by atoms with van der Waals surface area (Å²) in [6, 6.07) is 0. The Bertz CT molecular complexity index is 669. The van der Waals surface area contributed by atoms with Gasteiger partial charge in [0.1, 0.15) is 17.7 Å². The van der Waals surface area contributed by atoms with Crippen molar-refractivity contribution in [2.45, 2.75) is 85.2 Å². The normalized spacial score (nSPS) is 49.0. The lowest BCUT2D eigenvalue weighted by molar-refractivity contribution is -0.169. The summed E-state index contributed by atoms with van der Waals surface area (Å²) in [6.07, 6.45) is 7.64. The van der Waals surface area contributed by atoms with E-state index in [4.69, 9.17) is 4.74 Å². The Morgan fingerprint density at radius 3 is 2.41 bits per heavy atom. The van der Waals surface area contributed by atoms with Gasteiger partial charge < -0.3 is 4.74 Å². The first-order valence-corrected chi connectivity index (χ1v) is 10.9. The first kappa shape index (κ1) is 19.1. The second-order valence-electron chi connectivity index (χ2n) is 10.4. The van der Waals surface area contributed by atoms with Gasteiger partial charge in [0, 0.05) is 25.2 Å². The molecule has 0 aromatic rings. The minimum absolute atomic E-state index is 0.0228. The summed E-state index contributed by atoms with van der Waals surface area (Å²) in [4.78, 5) is 37.1. The number of hydrogen-bond donors (Lipinski definition) is 0. The summed E-state index contributed by atoms with van der Waals surface area (Å²) in [5.74, 6) is 2.11. The number of carbonyl (C=O) groups excluding carboxylic acids is 3. The van der Waals surface area contributed by atoms with Crippen molar-refractivity contribution in [3.63, 3.8) is 0 Å². The van der Waals surface area contributed by atoms with E-state index in [2.05, 4.69) is 13.8 Å². The largest absolute Gasteiger partial charge is 0.463 e. The van der Waals surface area contributed by atoms with Gasteiger partial charge in [0.2, 0.25) is 0 Å². The van der Waals surface area contributed by atoms with E-state index in [1.54, 1.807) is 6.92 Å². The van der Waals surface area contributed by atoms with E-state index in [0.717, 1.165) is 44.9 Å². The molecule has 0 saturated heterocycles. The number of fused-ring (bicyclic) bond motifs is 5. The van der Waals surface area contributed by atoms with E-state index in [0.29, 0.717) is 30.0 Å². The summed E-state index contributed by atoms with van der Waals surface area (Å²) in [6.45, 7) is 7.75. The summed E-state index contributed by atoms with van der Waals surface area (Å²) < 4.78 is 5.51. The molecule has 4 aliphatic carbocycles. The van der Waals surface area contributed by atoms with Crippen LogP contribution in [-0.4, -0.2) is 23.6 Å². The van der Waals surface area contributed by atoms with E-state index < -0.39 is 0 Å². The van der Waals surface area contributed by atoms with Crippen molar-refractivity contribution in [1.82, 2.24) is 0 Å². The molecule has 4 rings (SSSR count). The second kappa shape index (κ2) is 6.42.